The summed E-state index contributed by atoms with van der Waals surface area (Å²) in [5.41, 5.74) is 0.541. The molecular weight excluding hydrogens is 286 g/mol. The fourth-order valence-electron chi connectivity index (χ4n) is 1.66. The molecule has 0 fully saturated rings. The molecule has 0 radical (unpaired) electrons. The van der Waals surface area contributed by atoms with E-state index in [0.717, 1.165) is 0 Å². The molecule has 2 aromatic rings. The van der Waals surface area contributed by atoms with Gasteiger partial charge in [-0.25, -0.2) is 0 Å². The lowest BCUT2D eigenvalue weighted by Gasteiger charge is -2.07. The van der Waals surface area contributed by atoms with Crippen molar-refractivity contribution in [2.45, 2.75) is 6.42 Å². The molecule has 7 heteroatoms. The number of anilines is 1. The topological polar surface area (TPSA) is 105 Å². The summed E-state index contributed by atoms with van der Waals surface area (Å²) in [7, 11) is 0. The first-order chi connectivity index (χ1) is 10.6. The Kier molecular flexibility index (Phi) is 4.67. The minimum atomic E-state index is -0.484. The summed E-state index contributed by atoms with van der Waals surface area (Å²) in [6, 6.07) is 14.0. The molecule has 0 aromatic heterocycles. The average Bonchev–Trinajstić information content (AvgIpc) is 2.50. The normalized spacial score (nSPS) is 9.59. The quantitative estimate of drug-likeness (QED) is 0.673. The highest BCUT2D eigenvalue weighted by molar-refractivity contribution is 5.92. The third-order valence-electron chi connectivity index (χ3n) is 2.66. The van der Waals surface area contributed by atoms with Gasteiger partial charge in [0.25, 0.3) is 5.69 Å². The first kappa shape index (κ1) is 15.0. The predicted octanol–water partition coefficient (Wildman–Crippen LogP) is 3.24. The summed E-state index contributed by atoms with van der Waals surface area (Å²) in [5.74, 6) is 0.602. The summed E-state index contributed by atoms with van der Waals surface area (Å²) >= 11 is 0. The Morgan fingerprint density at radius 3 is 2.18 bits per heavy atom. The molecule has 0 atom stereocenters. The Morgan fingerprint density at radius 2 is 1.68 bits per heavy atom. The molecule has 0 unspecified atom stereocenters. The first-order valence-corrected chi connectivity index (χ1v) is 6.27. The Bertz CT molecular complexity index is 718. The van der Waals surface area contributed by atoms with Gasteiger partial charge < -0.3 is 10.1 Å². The van der Waals surface area contributed by atoms with Gasteiger partial charge in [0.1, 0.15) is 17.9 Å². The number of rotatable bonds is 5. The van der Waals surface area contributed by atoms with Gasteiger partial charge in [-0.1, -0.05) is 0 Å². The van der Waals surface area contributed by atoms with Crippen molar-refractivity contribution in [1.82, 2.24) is 0 Å². The van der Waals surface area contributed by atoms with Gasteiger partial charge in [-0.05, 0) is 36.4 Å². The van der Waals surface area contributed by atoms with Crippen LogP contribution in [0.15, 0.2) is 48.5 Å². The molecule has 0 aliphatic rings. The summed E-state index contributed by atoms with van der Waals surface area (Å²) in [6.45, 7) is 0. The number of nitro groups is 1. The molecule has 2 aromatic carbocycles. The molecule has 110 valence electrons. The molecule has 0 saturated heterocycles. The summed E-state index contributed by atoms with van der Waals surface area (Å²) in [6.07, 6.45) is -0.207. The smallest absolute Gasteiger partial charge is 0.269 e. The zero-order chi connectivity index (χ0) is 15.9. The van der Waals surface area contributed by atoms with Crippen molar-refractivity contribution in [1.29, 1.82) is 5.26 Å². The van der Waals surface area contributed by atoms with Crippen molar-refractivity contribution in [3.63, 3.8) is 0 Å². The van der Waals surface area contributed by atoms with Crippen molar-refractivity contribution in [2.24, 2.45) is 0 Å². The maximum atomic E-state index is 11.3. The maximum Gasteiger partial charge on any atom is 0.269 e. The molecule has 1 amide bonds. The summed E-state index contributed by atoms with van der Waals surface area (Å²) in [5, 5.41) is 21.5. The number of amides is 1. The minimum Gasteiger partial charge on any atom is -0.457 e. The number of benzene rings is 2. The van der Waals surface area contributed by atoms with Crippen LogP contribution in [-0.2, 0) is 4.79 Å². The van der Waals surface area contributed by atoms with E-state index in [1.165, 1.54) is 24.3 Å². The fraction of sp³-hybridized carbons (Fsp3) is 0.0667. The molecule has 0 saturated carbocycles. The number of ether oxygens (including phenoxy) is 1. The number of carbonyl (C=O) groups excluding carboxylic acids is 1. The lowest BCUT2D eigenvalue weighted by Crippen LogP contribution is -2.09. The van der Waals surface area contributed by atoms with Gasteiger partial charge in [-0.3, -0.25) is 14.9 Å². The molecule has 0 aliphatic carbocycles. The highest BCUT2D eigenvalue weighted by Crippen LogP contribution is 2.24. The number of hydrogen-bond acceptors (Lipinski definition) is 5. The number of non-ortho nitro benzene ring substituents is 1. The second-order valence-electron chi connectivity index (χ2n) is 4.26. The van der Waals surface area contributed by atoms with Gasteiger partial charge in [0.15, 0.2) is 0 Å². The summed E-state index contributed by atoms with van der Waals surface area (Å²) in [4.78, 5) is 21.3. The monoisotopic (exact) mass is 297 g/mol. The molecule has 7 nitrogen and oxygen atoms in total. The van der Waals surface area contributed by atoms with Crippen LogP contribution in [0.4, 0.5) is 11.4 Å². The number of hydrogen-bond donors (Lipinski definition) is 1. The third-order valence-corrected chi connectivity index (χ3v) is 2.66. The minimum absolute atomic E-state index is 0.0112. The molecule has 0 bridgehead atoms. The zero-order valence-electron chi connectivity index (χ0n) is 11.4. The fourth-order valence-corrected chi connectivity index (χ4v) is 1.66. The van der Waals surface area contributed by atoms with Gasteiger partial charge >= 0.3 is 0 Å². The highest BCUT2D eigenvalue weighted by atomic mass is 16.6. The van der Waals surface area contributed by atoms with Gasteiger partial charge in [0, 0.05) is 17.8 Å². The van der Waals surface area contributed by atoms with Crippen molar-refractivity contribution < 1.29 is 14.5 Å². The SMILES string of the molecule is N#CCC(=O)Nc1ccc(Oc2ccc([N+](=O)[O-])cc2)cc1. The summed E-state index contributed by atoms with van der Waals surface area (Å²) < 4.78 is 5.53. The van der Waals surface area contributed by atoms with E-state index < -0.39 is 4.92 Å². The first-order valence-electron chi connectivity index (χ1n) is 6.27. The largest absolute Gasteiger partial charge is 0.457 e. The van der Waals surface area contributed by atoms with Crippen molar-refractivity contribution in [3.8, 4) is 17.6 Å². The zero-order valence-corrected chi connectivity index (χ0v) is 11.4. The Hall–Kier alpha value is -3.40. The second kappa shape index (κ2) is 6.85. The van der Waals surface area contributed by atoms with E-state index in [2.05, 4.69) is 5.32 Å². The van der Waals surface area contributed by atoms with Crippen molar-refractivity contribution in [3.05, 3.63) is 58.6 Å². The maximum absolute atomic E-state index is 11.3. The molecule has 0 aliphatic heterocycles. The van der Waals surface area contributed by atoms with Crippen LogP contribution in [0.3, 0.4) is 0 Å². The van der Waals surface area contributed by atoms with E-state index in [-0.39, 0.29) is 18.0 Å². The second-order valence-corrected chi connectivity index (χ2v) is 4.26. The van der Waals surface area contributed by atoms with Crippen LogP contribution < -0.4 is 10.1 Å². The molecule has 0 heterocycles. The van der Waals surface area contributed by atoms with Crippen LogP contribution in [-0.4, -0.2) is 10.8 Å². The average molecular weight is 297 g/mol. The molecule has 2 rings (SSSR count). The highest BCUT2D eigenvalue weighted by Gasteiger charge is 2.05. The van der Waals surface area contributed by atoms with E-state index in [4.69, 9.17) is 10.00 Å². The number of nitrogens with one attached hydrogen (secondary N) is 1. The lowest BCUT2D eigenvalue weighted by atomic mass is 10.3. The van der Waals surface area contributed by atoms with Crippen LogP contribution in [0.5, 0.6) is 11.5 Å². The van der Waals surface area contributed by atoms with E-state index in [0.29, 0.717) is 17.2 Å². The standard InChI is InChI=1S/C15H11N3O4/c16-10-9-15(19)17-11-1-5-13(6-2-11)22-14-7-3-12(4-8-14)18(20)21/h1-8H,9H2,(H,17,19). The van der Waals surface area contributed by atoms with Crippen molar-refractivity contribution >= 4 is 17.3 Å². The number of carbonyl (C=O) groups is 1. The van der Waals surface area contributed by atoms with Crippen LogP contribution in [0, 0.1) is 21.4 Å². The Balaban J connectivity index is 2.00. The molecular formula is C15H11N3O4. The van der Waals surface area contributed by atoms with Gasteiger partial charge in [-0.2, -0.15) is 5.26 Å². The number of nitro benzene ring substituents is 1. The predicted molar refractivity (Wildman–Crippen MR) is 78.5 cm³/mol. The van der Waals surface area contributed by atoms with Gasteiger partial charge in [-0.15, -0.1) is 0 Å². The Morgan fingerprint density at radius 1 is 1.14 bits per heavy atom. The molecule has 0 spiro atoms. The van der Waals surface area contributed by atoms with E-state index in [1.807, 2.05) is 0 Å². The van der Waals surface area contributed by atoms with Crippen molar-refractivity contribution in [2.75, 3.05) is 5.32 Å². The van der Waals surface area contributed by atoms with E-state index in [9.17, 15) is 14.9 Å². The number of nitrogens with zero attached hydrogens (tertiary/aromatic N) is 2. The molecule has 22 heavy (non-hydrogen) atoms. The van der Waals surface area contributed by atoms with Crippen LogP contribution in [0.25, 0.3) is 0 Å². The van der Waals surface area contributed by atoms with Crippen LogP contribution in [0.2, 0.25) is 0 Å². The lowest BCUT2D eigenvalue weighted by molar-refractivity contribution is -0.384. The van der Waals surface area contributed by atoms with Gasteiger partial charge in [0.2, 0.25) is 5.91 Å². The van der Waals surface area contributed by atoms with E-state index in [1.54, 1.807) is 30.3 Å². The Labute approximate surface area is 125 Å². The third kappa shape index (κ3) is 4.05. The molecule has 1 N–H and O–H groups in total. The van der Waals surface area contributed by atoms with Crippen LogP contribution >= 0.6 is 0 Å². The van der Waals surface area contributed by atoms with E-state index >= 15 is 0 Å². The van der Waals surface area contributed by atoms with Gasteiger partial charge in [0.05, 0.1) is 11.0 Å². The number of nitriles is 1. The van der Waals surface area contributed by atoms with Crippen LogP contribution in [0.1, 0.15) is 6.42 Å².